The number of likely N-dealkylation sites (N-methyl/N-ethyl adjacent to an activating group) is 1. The predicted octanol–water partition coefficient (Wildman–Crippen LogP) is 4.86. The molecule has 31 heavy (non-hydrogen) atoms. The number of amides is 1. The van der Waals surface area contributed by atoms with Gasteiger partial charge in [-0.05, 0) is 74.0 Å². The average Bonchev–Trinajstić information content (AvgIpc) is 3.21. The first kappa shape index (κ1) is 23.5. The molecule has 0 fully saturated rings. The lowest BCUT2D eigenvalue weighted by Gasteiger charge is -2.25. The largest absolute Gasteiger partial charge is 0.312 e. The molecule has 0 aromatic heterocycles. The van der Waals surface area contributed by atoms with Gasteiger partial charge in [-0.25, -0.2) is 0 Å². The fourth-order valence-electron chi connectivity index (χ4n) is 4.74. The maximum absolute atomic E-state index is 12.8. The number of Topliss-reactive ketones (excluding diaryl/α,β-unsaturated/α-hetero) is 1. The molecule has 0 saturated carbocycles. The van der Waals surface area contributed by atoms with Gasteiger partial charge >= 0.3 is 0 Å². The van der Waals surface area contributed by atoms with Gasteiger partial charge in [0, 0.05) is 31.5 Å². The molecule has 2 aliphatic rings. The molecule has 2 aromatic carbocycles. The summed E-state index contributed by atoms with van der Waals surface area (Å²) in [6, 6.07) is 14.7. The number of hydrogen-bond acceptors (Lipinski definition) is 3. The lowest BCUT2D eigenvalue weighted by atomic mass is 9.94. The summed E-state index contributed by atoms with van der Waals surface area (Å²) in [5, 5.41) is 0. The standard InChI is InChI=1S/C26H32N2O2.ClH/c1-2-27(16-13-20-8-4-3-5-9-20)15-7-6-10-24(29)23-18-21-11-12-25(30)28-17-14-22(19-23)26(21)28;/h3-5,8-9,18-19H,2,6-7,10-17H2,1H3;1H. The van der Waals surface area contributed by atoms with Gasteiger partial charge in [-0.1, -0.05) is 37.3 Å². The van der Waals surface area contributed by atoms with E-state index in [4.69, 9.17) is 0 Å². The Kier molecular flexibility index (Phi) is 8.28. The lowest BCUT2D eigenvalue weighted by molar-refractivity contribution is -0.118. The molecule has 166 valence electrons. The van der Waals surface area contributed by atoms with Gasteiger partial charge in [-0.3, -0.25) is 9.59 Å². The first-order valence-electron chi connectivity index (χ1n) is 11.4. The number of carbonyl (C=O) groups is 2. The van der Waals surface area contributed by atoms with Gasteiger partial charge in [-0.2, -0.15) is 0 Å². The molecule has 0 unspecified atom stereocenters. The number of carbonyl (C=O) groups excluding carboxylic acids is 2. The summed E-state index contributed by atoms with van der Waals surface area (Å²) in [7, 11) is 0. The van der Waals surface area contributed by atoms with Crippen LogP contribution >= 0.6 is 12.4 Å². The van der Waals surface area contributed by atoms with Crippen molar-refractivity contribution in [1.82, 2.24) is 4.90 Å². The molecule has 0 aliphatic carbocycles. The minimum Gasteiger partial charge on any atom is -0.312 e. The third-order valence-corrected chi connectivity index (χ3v) is 6.51. The van der Waals surface area contributed by atoms with E-state index in [0.29, 0.717) is 12.8 Å². The molecule has 4 rings (SSSR count). The van der Waals surface area contributed by atoms with Crippen LogP contribution in [0.15, 0.2) is 42.5 Å². The number of hydrogen-bond donors (Lipinski definition) is 0. The van der Waals surface area contributed by atoms with Gasteiger partial charge in [0.05, 0.1) is 5.69 Å². The Bertz CT molecular complexity index is 913. The fraction of sp³-hybridized carbons (Fsp3) is 0.462. The van der Waals surface area contributed by atoms with Crippen LogP contribution in [-0.2, 0) is 24.1 Å². The Hall–Kier alpha value is -2.17. The Morgan fingerprint density at radius 1 is 1.00 bits per heavy atom. The second kappa shape index (κ2) is 10.9. The zero-order valence-electron chi connectivity index (χ0n) is 18.4. The molecule has 0 spiro atoms. The highest BCUT2D eigenvalue weighted by molar-refractivity contribution is 6.02. The summed E-state index contributed by atoms with van der Waals surface area (Å²) in [4.78, 5) is 29.3. The van der Waals surface area contributed by atoms with Crippen molar-refractivity contribution in [2.45, 2.75) is 51.9 Å². The molecule has 0 radical (unpaired) electrons. The van der Waals surface area contributed by atoms with Gasteiger partial charge in [0.1, 0.15) is 0 Å². The third-order valence-electron chi connectivity index (χ3n) is 6.51. The van der Waals surface area contributed by atoms with Crippen LogP contribution in [0.3, 0.4) is 0 Å². The first-order chi connectivity index (χ1) is 14.7. The summed E-state index contributed by atoms with van der Waals surface area (Å²) in [6.07, 6.45) is 5.88. The second-order valence-electron chi connectivity index (χ2n) is 8.49. The number of halogens is 1. The number of unbranched alkanes of at least 4 members (excludes halogenated alkanes) is 1. The van der Waals surface area contributed by atoms with Crippen LogP contribution in [0.25, 0.3) is 0 Å². The number of nitrogens with zero attached hydrogens (tertiary/aromatic N) is 2. The summed E-state index contributed by atoms with van der Waals surface area (Å²) < 4.78 is 0. The Balaban J connectivity index is 0.00000272. The Morgan fingerprint density at radius 2 is 1.74 bits per heavy atom. The highest BCUT2D eigenvalue weighted by Gasteiger charge is 2.31. The van der Waals surface area contributed by atoms with Crippen molar-refractivity contribution in [3.8, 4) is 0 Å². The van der Waals surface area contributed by atoms with Crippen molar-refractivity contribution in [2.75, 3.05) is 31.1 Å². The van der Waals surface area contributed by atoms with E-state index in [9.17, 15) is 9.59 Å². The van der Waals surface area contributed by atoms with E-state index in [1.165, 1.54) is 16.7 Å². The lowest BCUT2D eigenvalue weighted by Crippen LogP contribution is -2.32. The average molecular weight is 441 g/mol. The van der Waals surface area contributed by atoms with Crippen molar-refractivity contribution in [3.05, 3.63) is 64.7 Å². The van der Waals surface area contributed by atoms with Crippen LogP contribution in [0.2, 0.25) is 0 Å². The number of benzene rings is 2. The smallest absolute Gasteiger partial charge is 0.227 e. The van der Waals surface area contributed by atoms with Crippen molar-refractivity contribution in [3.63, 3.8) is 0 Å². The Morgan fingerprint density at radius 3 is 2.48 bits per heavy atom. The molecule has 1 amide bonds. The molecule has 2 aromatic rings. The van der Waals surface area contributed by atoms with E-state index in [1.807, 2.05) is 17.0 Å². The van der Waals surface area contributed by atoms with Gasteiger partial charge < -0.3 is 9.80 Å². The molecule has 2 aliphatic heterocycles. The van der Waals surface area contributed by atoms with Crippen LogP contribution in [0.4, 0.5) is 5.69 Å². The summed E-state index contributed by atoms with van der Waals surface area (Å²) in [5.74, 6) is 0.477. The molecule has 0 N–H and O–H groups in total. The van der Waals surface area contributed by atoms with Crippen LogP contribution < -0.4 is 4.90 Å². The predicted molar refractivity (Wildman–Crippen MR) is 129 cm³/mol. The topological polar surface area (TPSA) is 40.6 Å². The fourth-order valence-corrected chi connectivity index (χ4v) is 4.74. The minimum atomic E-state index is 0. The maximum Gasteiger partial charge on any atom is 0.227 e. The minimum absolute atomic E-state index is 0. The monoisotopic (exact) mass is 440 g/mol. The molecule has 0 atom stereocenters. The number of anilines is 1. The van der Waals surface area contributed by atoms with Crippen molar-refractivity contribution in [1.29, 1.82) is 0 Å². The van der Waals surface area contributed by atoms with E-state index in [0.717, 1.165) is 69.5 Å². The Labute approximate surface area is 192 Å². The number of aryl methyl sites for hydroxylation is 1. The SMILES string of the molecule is CCN(CCCCC(=O)c1cc2c3c(c1)CCN3C(=O)CC2)CCc1ccccc1.Cl. The van der Waals surface area contributed by atoms with Gasteiger partial charge in [0.25, 0.3) is 0 Å². The van der Waals surface area contributed by atoms with Crippen molar-refractivity contribution < 1.29 is 9.59 Å². The first-order valence-corrected chi connectivity index (χ1v) is 11.4. The molecular formula is C26H33ClN2O2. The number of rotatable bonds is 10. The van der Waals surface area contributed by atoms with Crippen molar-refractivity contribution in [2.24, 2.45) is 0 Å². The molecule has 0 saturated heterocycles. The van der Waals surface area contributed by atoms with E-state index in [2.05, 4.69) is 42.2 Å². The van der Waals surface area contributed by atoms with E-state index < -0.39 is 0 Å². The van der Waals surface area contributed by atoms with E-state index in [-0.39, 0.29) is 24.1 Å². The quantitative estimate of drug-likeness (QED) is 0.391. The maximum atomic E-state index is 12.8. The highest BCUT2D eigenvalue weighted by atomic mass is 35.5. The summed E-state index contributed by atoms with van der Waals surface area (Å²) in [5.41, 5.74) is 5.69. The zero-order chi connectivity index (χ0) is 20.9. The van der Waals surface area contributed by atoms with Gasteiger partial charge in [-0.15, -0.1) is 12.4 Å². The van der Waals surface area contributed by atoms with Gasteiger partial charge in [0.2, 0.25) is 5.91 Å². The molecule has 4 nitrogen and oxygen atoms in total. The van der Waals surface area contributed by atoms with E-state index in [1.54, 1.807) is 0 Å². The molecule has 5 heteroatoms. The number of ketones is 1. The van der Waals surface area contributed by atoms with Gasteiger partial charge in [0.15, 0.2) is 5.78 Å². The van der Waals surface area contributed by atoms with Crippen molar-refractivity contribution >= 4 is 29.8 Å². The molecular weight excluding hydrogens is 408 g/mol. The summed E-state index contributed by atoms with van der Waals surface area (Å²) >= 11 is 0. The molecule has 2 heterocycles. The van der Waals surface area contributed by atoms with E-state index >= 15 is 0 Å². The highest BCUT2D eigenvalue weighted by Crippen LogP contribution is 2.37. The zero-order valence-corrected chi connectivity index (χ0v) is 19.3. The third kappa shape index (κ3) is 5.55. The summed E-state index contributed by atoms with van der Waals surface area (Å²) in [6.45, 7) is 6.14. The van der Waals surface area contributed by atoms with Crippen LogP contribution in [0.1, 0.15) is 59.7 Å². The van der Waals surface area contributed by atoms with Crippen LogP contribution in [0, 0.1) is 0 Å². The molecule has 0 bridgehead atoms. The normalized spacial score (nSPS) is 14.5. The second-order valence-corrected chi connectivity index (χ2v) is 8.49. The van der Waals surface area contributed by atoms with Crippen LogP contribution in [-0.4, -0.2) is 42.8 Å². The van der Waals surface area contributed by atoms with Crippen LogP contribution in [0.5, 0.6) is 0 Å².